The Kier molecular flexibility index (Phi) is 9.08. The van der Waals surface area contributed by atoms with Crippen molar-refractivity contribution in [1.29, 1.82) is 0 Å². The van der Waals surface area contributed by atoms with Gasteiger partial charge >= 0.3 is 0 Å². The van der Waals surface area contributed by atoms with Crippen molar-refractivity contribution in [2.24, 2.45) is 20.5 Å². The molecule has 8 rings (SSSR count). The summed E-state index contributed by atoms with van der Waals surface area (Å²) in [5, 5.41) is 35.5. The Morgan fingerprint density at radius 1 is 0.385 bits per heavy atom. The molecule has 2 aliphatic rings. The number of azo groups is 2. The number of aromatic hydroxyl groups is 2. The lowest BCUT2D eigenvalue weighted by molar-refractivity contribution is 0.0979. The van der Waals surface area contributed by atoms with E-state index in [1.165, 1.54) is 24.3 Å². The van der Waals surface area contributed by atoms with Gasteiger partial charge in [0.1, 0.15) is 11.5 Å². The Morgan fingerprint density at radius 2 is 0.788 bits per heavy atom. The standard InChI is InChI=1S/2C20H11ClN2O3/c21-15-10-11(8-9-17(15)24)22-23-16-7-3-6-14-18(16)20(26)13-5-2-1-4-12(13)19(14)25;21-17-10-12(6-8-18(17)24)23-22-11-5-7-15-16(9-11)20(26)14-4-2-1-3-13(14)19(15)25/h2*1-10,24H. The van der Waals surface area contributed by atoms with E-state index in [2.05, 4.69) is 20.5 Å². The fourth-order valence-corrected chi connectivity index (χ4v) is 6.05. The van der Waals surface area contributed by atoms with Crippen molar-refractivity contribution in [3.63, 3.8) is 0 Å². The highest BCUT2D eigenvalue weighted by Gasteiger charge is 2.32. The zero-order valence-corrected chi connectivity index (χ0v) is 28.1. The molecular weight excluding hydrogens is 703 g/mol. The summed E-state index contributed by atoms with van der Waals surface area (Å²) in [5.41, 5.74) is 4.41. The number of ketones is 4. The summed E-state index contributed by atoms with van der Waals surface area (Å²) in [5.74, 6) is -0.945. The van der Waals surface area contributed by atoms with E-state index in [1.54, 1.807) is 97.1 Å². The van der Waals surface area contributed by atoms with Crippen LogP contribution < -0.4 is 0 Å². The monoisotopic (exact) mass is 724 g/mol. The van der Waals surface area contributed by atoms with Crippen LogP contribution in [0.5, 0.6) is 11.5 Å². The highest BCUT2D eigenvalue weighted by Crippen LogP contribution is 2.36. The van der Waals surface area contributed by atoms with Crippen molar-refractivity contribution in [2.75, 3.05) is 0 Å². The van der Waals surface area contributed by atoms with Crippen LogP contribution in [0.25, 0.3) is 0 Å². The summed E-state index contributed by atoms with van der Waals surface area (Å²) in [7, 11) is 0. The highest BCUT2D eigenvalue weighted by atomic mass is 35.5. The van der Waals surface area contributed by atoms with E-state index in [0.29, 0.717) is 61.7 Å². The van der Waals surface area contributed by atoms with Gasteiger partial charge in [-0.1, -0.05) is 83.9 Å². The lowest BCUT2D eigenvalue weighted by Gasteiger charge is -2.18. The van der Waals surface area contributed by atoms with Gasteiger partial charge in [-0.3, -0.25) is 19.2 Å². The Morgan fingerprint density at radius 3 is 1.33 bits per heavy atom. The van der Waals surface area contributed by atoms with Gasteiger partial charge in [-0.25, -0.2) is 0 Å². The van der Waals surface area contributed by atoms with E-state index in [4.69, 9.17) is 23.2 Å². The Labute approximate surface area is 305 Å². The number of halogens is 2. The number of carbonyl (C=O) groups is 4. The molecule has 12 heteroatoms. The van der Waals surface area contributed by atoms with Crippen LogP contribution >= 0.6 is 23.2 Å². The summed E-state index contributed by atoms with van der Waals surface area (Å²) in [6, 6.07) is 32.0. The van der Waals surface area contributed by atoms with Gasteiger partial charge < -0.3 is 10.2 Å². The highest BCUT2D eigenvalue weighted by molar-refractivity contribution is 6.33. The number of rotatable bonds is 4. The molecule has 0 spiro atoms. The number of hydrogen-bond donors (Lipinski definition) is 2. The van der Waals surface area contributed by atoms with Crippen molar-refractivity contribution in [3.05, 3.63) is 176 Å². The Bertz CT molecular complexity index is 2540. The summed E-state index contributed by atoms with van der Waals surface area (Å²) < 4.78 is 0. The van der Waals surface area contributed by atoms with Crippen molar-refractivity contribution >= 4 is 69.1 Å². The molecule has 10 nitrogen and oxygen atoms in total. The van der Waals surface area contributed by atoms with E-state index < -0.39 is 0 Å². The first-order chi connectivity index (χ1) is 25.1. The predicted octanol–water partition coefficient (Wildman–Crippen LogP) is 10.5. The summed E-state index contributed by atoms with van der Waals surface area (Å²) >= 11 is 11.7. The molecule has 0 saturated carbocycles. The van der Waals surface area contributed by atoms with Crippen molar-refractivity contribution in [3.8, 4) is 11.5 Å². The molecule has 2 aliphatic carbocycles. The smallest absolute Gasteiger partial charge is 0.196 e. The number of hydrogen-bond acceptors (Lipinski definition) is 10. The number of benzene rings is 6. The second-order valence-electron chi connectivity index (χ2n) is 11.5. The van der Waals surface area contributed by atoms with Crippen LogP contribution in [0.2, 0.25) is 10.0 Å². The Balaban J connectivity index is 0.000000162. The predicted molar refractivity (Wildman–Crippen MR) is 194 cm³/mol. The second kappa shape index (κ2) is 13.9. The van der Waals surface area contributed by atoms with E-state index in [1.807, 2.05) is 0 Å². The average molecular weight is 726 g/mol. The van der Waals surface area contributed by atoms with Crippen molar-refractivity contribution in [2.45, 2.75) is 0 Å². The van der Waals surface area contributed by atoms with Crippen LogP contribution in [-0.2, 0) is 0 Å². The first kappa shape index (κ1) is 33.9. The topological polar surface area (TPSA) is 158 Å². The fourth-order valence-electron chi connectivity index (χ4n) is 5.70. The summed E-state index contributed by atoms with van der Waals surface area (Å²) in [4.78, 5) is 50.8. The minimum atomic E-state index is -0.256. The van der Waals surface area contributed by atoms with Gasteiger partial charge in [0.05, 0.1) is 38.4 Å². The molecule has 0 atom stereocenters. The molecule has 6 aromatic rings. The van der Waals surface area contributed by atoms with Crippen LogP contribution in [0.4, 0.5) is 22.7 Å². The SMILES string of the molecule is O=C1c2ccccc2C(=O)c2c(N=Nc3ccc(O)c(Cl)c3)cccc21.O=C1c2ccccc2C(=O)c2cc(N=Nc3ccc(O)c(Cl)c3)ccc21. The molecule has 0 aromatic heterocycles. The lowest BCUT2D eigenvalue weighted by Crippen LogP contribution is -2.20. The maximum absolute atomic E-state index is 12.9. The third-order valence-corrected chi connectivity index (χ3v) is 8.86. The van der Waals surface area contributed by atoms with Crippen LogP contribution in [0.3, 0.4) is 0 Å². The third-order valence-electron chi connectivity index (χ3n) is 8.26. The molecular formula is C40H22Cl2N4O6. The third kappa shape index (κ3) is 6.39. The van der Waals surface area contributed by atoms with Crippen LogP contribution in [0.15, 0.2) is 142 Å². The number of carbonyl (C=O) groups excluding carboxylic acids is 4. The zero-order chi connectivity index (χ0) is 36.5. The molecule has 0 fully saturated rings. The average Bonchev–Trinajstić information content (AvgIpc) is 3.17. The maximum atomic E-state index is 12.9. The lowest BCUT2D eigenvalue weighted by atomic mass is 9.83. The number of fused-ring (bicyclic) bond motifs is 4. The molecule has 6 aromatic carbocycles. The molecule has 0 heterocycles. The number of nitrogens with zero attached hydrogens (tertiary/aromatic N) is 4. The minimum Gasteiger partial charge on any atom is -0.506 e. The first-order valence-corrected chi connectivity index (χ1v) is 16.3. The number of phenols is 2. The van der Waals surface area contributed by atoms with Gasteiger partial charge in [0.25, 0.3) is 0 Å². The van der Waals surface area contributed by atoms with Gasteiger partial charge in [-0.15, -0.1) is 5.11 Å². The maximum Gasteiger partial charge on any atom is 0.196 e. The molecule has 252 valence electrons. The van der Waals surface area contributed by atoms with Crippen LogP contribution in [-0.4, -0.2) is 33.3 Å². The van der Waals surface area contributed by atoms with E-state index in [9.17, 15) is 29.4 Å². The van der Waals surface area contributed by atoms with Crippen molar-refractivity contribution in [1.82, 2.24) is 0 Å². The van der Waals surface area contributed by atoms with Crippen molar-refractivity contribution < 1.29 is 29.4 Å². The largest absolute Gasteiger partial charge is 0.506 e. The molecule has 0 amide bonds. The molecule has 0 aliphatic heterocycles. The zero-order valence-electron chi connectivity index (χ0n) is 26.6. The minimum absolute atomic E-state index is 0.0397. The summed E-state index contributed by atoms with van der Waals surface area (Å²) in [6.07, 6.45) is 0. The van der Waals surface area contributed by atoms with E-state index in [-0.39, 0.29) is 50.2 Å². The van der Waals surface area contributed by atoms with Gasteiger partial charge in [-0.05, 0) is 60.7 Å². The van der Waals surface area contributed by atoms with E-state index in [0.717, 1.165) is 0 Å². The quantitative estimate of drug-likeness (QED) is 0.172. The molecule has 52 heavy (non-hydrogen) atoms. The Hall–Kier alpha value is -6.62. The van der Waals surface area contributed by atoms with Crippen LogP contribution in [0.1, 0.15) is 63.7 Å². The molecule has 0 unspecified atom stereocenters. The molecule has 0 bridgehead atoms. The second-order valence-corrected chi connectivity index (χ2v) is 12.3. The van der Waals surface area contributed by atoms with Gasteiger partial charge in [0.15, 0.2) is 23.1 Å². The van der Waals surface area contributed by atoms with Gasteiger partial charge in [-0.2, -0.15) is 15.3 Å². The first-order valence-electron chi connectivity index (χ1n) is 15.5. The summed E-state index contributed by atoms with van der Waals surface area (Å²) in [6.45, 7) is 0. The number of phenolic OH excluding ortho intramolecular Hbond substituents is 2. The van der Waals surface area contributed by atoms with Gasteiger partial charge in [0, 0.05) is 38.9 Å². The van der Waals surface area contributed by atoms with Gasteiger partial charge in [0.2, 0.25) is 0 Å². The fraction of sp³-hybridized carbons (Fsp3) is 0. The molecule has 2 N–H and O–H groups in total. The normalized spacial score (nSPS) is 13.0. The molecule has 0 radical (unpaired) electrons. The molecule has 0 saturated heterocycles. The van der Waals surface area contributed by atoms with E-state index >= 15 is 0 Å². The van der Waals surface area contributed by atoms with Crippen LogP contribution in [0, 0.1) is 0 Å².